The van der Waals surface area contributed by atoms with E-state index >= 15 is 0 Å². The number of nitrogens with zero attached hydrogens (tertiary/aromatic N) is 1. The van der Waals surface area contributed by atoms with E-state index in [4.69, 9.17) is 11.6 Å². The molecule has 0 radical (unpaired) electrons. The number of nitrogens with one attached hydrogen (secondary N) is 1. The van der Waals surface area contributed by atoms with Crippen LogP contribution in [0.4, 0.5) is 10.1 Å². The minimum Gasteiger partial charge on any atom is -0.338 e. The third-order valence-corrected chi connectivity index (χ3v) is 4.04. The summed E-state index contributed by atoms with van der Waals surface area (Å²) in [5.74, 6) is -0.647. The Labute approximate surface area is 151 Å². The summed E-state index contributed by atoms with van der Waals surface area (Å²) < 4.78 is 13.0. The smallest absolute Gasteiger partial charge is 0.226 e. The summed E-state index contributed by atoms with van der Waals surface area (Å²) in [5, 5.41) is 3.43. The van der Waals surface area contributed by atoms with E-state index in [1.807, 2.05) is 6.92 Å². The van der Waals surface area contributed by atoms with Crippen LogP contribution < -0.4 is 5.32 Å². The second-order valence-corrected chi connectivity index (χ2v) is 6.26. The minimum atomic E-state index is -0.323. The largest absolute Gasteiger partial charge is 0.338 e. The van der Waals surface area contributed by atoms with Crippen molar-refractivity contribution in [2.24, 2.45) is 0 Å². The highest BCUT2D eigenvalue weighted by molar-refractivity contribution is 6.30. The summed E-state index contributed by atoms with van der Waals surface area (Å²) >= 11 is 5.90. The van der Waals surface area contributed by atoms with Gasteiger partial charge in [0.15, 0.2) is 0 Å². The summed E-state index contributed by atoms with van der Waals surface area (Å²) in [4.78, 5) is 25.5. The van der Waals surface area contributed by atoms with Gasteiger partial charge in [-0.25, -0.2) is 4.39 Å². The molecule has 2 aromatic carbocycles. The summed E-state index contributed by atoms with van der Waals surface area (Å²) in [7, 11) is 0. The maximum Gasteiger partial charge on any atom is 0.226 e. The lowest BCUT2D eigenvalue weighted by Gasteiger charge is -2.21. The van der Waals surface area contributed by atoms with Crippen LogP contribution in [0.15, 0.2) is 42.5 Å². The molecule has 0 fully saturated rings. The fourth-order valence-corrected chi connectivity index (χ4v) is 2.60. The Balaban J connectivity index is 1.92. The lowest BCUT2D eigenvalue weighted by molar-refractivity contribution is -0.129. The van der Waals surface area contributed by atoms with Gasteiger partial charge >= 0.3 is 0 Å². The van der Waals surface area contributed by atoms with Crippen molar-refractivity contribution in [3.05, 3.63) is 64.4 Å². The zero-order valence-corrected chi connectivity index (χ0v) is 14.9. The van der Waals surface area contributed by atoms with Crippen LogP contribution in [0.3, 0.4) is 0 Å². The molecule has 0 heterocycles. The van der Waals surface area contributed by atoms with Crippen molar-refractivity contribution in [2.75, 3.05) is 11.9 Å². The van der Waals surface area contributed by atoms with Crippen LogP contribution in [0.2, 0.25) is 5.02 Å². The molecule has 0 unspecified atom stereocenters. The van der Waals surface area contributed by atoms with E-state index in [0.29, 0.717) is 17.3 Å². The van der Waals surface area contributed by atoms with Crippen LogP contribution in [0.1, 0.15) is 24.5 Å². The Morgan fingerprint density at radius 3 is 2.44 bits per heavy atom. The SMILES string of the molecule is CC(=O)N(CCC(=O)Nc1ccc(Cl)cc1C)Cc1ccc(F)cc1. The van der Waals surface area contributed by atoms with E-state index in [1.165, 1.54) is 19.1 Å². The molecule has 0 atom stereocenters. The summed E-state index contributed by atoms with van der Waals surface area (Å²) in [6, 6.07) is 11.2. The summed E-state index contributed by atoms with van der Waals surface area (Å²) in [6.07, 6.45) is 0.169. The molecular formula is C19H20ClFN2O2. The molecule has 0 aliphatic carbocycles. The molecule has 25 heavy (non-hydrogen) atoms. The Morgan fingerprint density at radius 1 is 1.16 bits per heavy atom. The molecule has 0 aromatic heterocycles. The molecule has 1 N–H and O–H groups in total. The normalized spacial score (nSPS) is 10.4. The number of hydrogen-bond donors (Lipinski definition) is 1. The Bertz CT molecular complexity index is 763. The molecule has 0 saturated heterocycles. The Hall–Kier alpha value is -2.40. The first kappa shape index (κ1) is 18.9. The molecule has 6 heteroatoms. The molecule has 0 aliphatic rings. The number of carbonyl (C=O) groups is 2. The molecule has 4 nitrogen and oxygen atoms in total. The zero-order chi connectivity index (χ0) is 18.4. The fraction of sp³-hybridized carbons (Fsp3) is 0.263. The Kier molecular flexibility index (Phi) is 6.53. The number of amides is 2. The quantitative estimate of drug-likeness (QED) is 0.838. The average Bonchev–Trinajstić information content (AvgIpc) is 2.55. The summed E-state index contributed by atoms with van der Waals surface area (Å²) in [6.45, 7) is 3.93. The van der Waals surface area contributed by atoms with Crippen LogP contribution in [-0.2, 0) is 16.1 Å². The van der Waals surface area contributed by atoms with E-state index in [0.717, 1.165) is 11.1 Å². The van der Waals surface area contributed by atoms with Crippen molar-refractivity contribution in [1.82, 2.24) is 4.90 Å². The molecule has 0 spiro atoms. The fourth-order valence-electron chi connectivity index (χ4n) is 2.37. The van der Waals surface area contributed by atoms with Crippen molar-refractivity contribution in [1.29, 1.82) is 0 Å². The van der Waals surface area contributed by atoms with Gasteiger partial charge in [0, 0.05) is 37.1 Å². The van der Waals surface area contributed by atoms with E-state index < -0.39 is 0 Å². The van der Waals surface area contributed by atoms with Crippen LogP contribution in [0.25, 0.3) is 0 Å². The third-order valence-electron chi connectivity index (χ3n) is 3.80. The van der Waals surface area contributed by atoms with Gasteiger partial charge in [-0.3, -0.25) is 9.59 Å². The number of carbonyl (C=O) groups excluding carboxylic acids is 2. The molecule has 2 rings (SSSR count). The van der Waals surface area contributed by atoms with Gasteiger partial charge in [0.1, 0.15) is 5.82 Å². The molecule has 2 amide bonds. The maximum atomic E-state index is 13.0. The van der Waals surface area contributed by atoms with Crippen LogP contribution >= 0.6 is 11.6 Å². The van der Waals surface area contributed by atoms with E-state index in [9.17, 15) is 14.0 Å². The lowest BCUT2D eigenvalue weighted by atomic mass is 10.2. The van der Waals surface area contributed by atoms with Crippen molar-refractivity contribution in [3.63, 3.8) is 0 Å². The summed E-state index contributed by atoms with van der Waals surface area (Å²) in [5.41, 5.74) is 2.38. The maximum absolute atomic E-state index is 13.0. The predicted octanol–water partition coefficient (Wildman–Crippen LogP) is 4.16. The van der Waals surface area contributed by atoms with Crippen LogP contribution in [-0.4, -0.2) is 23.3 Å². The zero-order valence-electron chi connectivity index (χ0n) is 14.2. The van der Waals surface area contributed by atoms with Crippen LogP contribution in [0.5, 0.6) is 0 Å². The number of anilines is 1. The molecule has 0 saturated carbocycles. The highest BCUT2D eigenvalue weighted by Gasteiger charge is 2.13. The molecule has 0 bridgehead atoms. The van der Waals surface area contributed by atoms with Gasteiger partial charge in [-0.1, -0.05) is 23.7 Å². The molecule has 0 aliphatic heterocycles. The number of aryl methyl sites for hydroxylation is 1. The van der Waals surface area contributed by atoms with Crippen molar-refractivity contribution < 1.29 is 14.0 Å². The number of rotatable bonds is 6. The second-order valence-electron chi connectivity index (χ2n) is 5.82. The molecule has 132 valence electrons. The highest BCUT2D eigenvalue weighted by Crippen LogP contribution is 2.19. The first-order valence-electron chi connectivity index (χ1n) is 7.91. The van der Waals surface area contributed by atoms with Crippen molar-refractivity contribution in [2.45, 2.75) is 26.8 Å². The lowest BCUT2D eigenvalue weighted by Crippen LogP contribution is -2.31. The first-order chi connectivity index (χ1) is 11.8. The van der Waals surface area contributed by atoms with Crippen LogP contribution in [0, 0.1) is 12.7 Å². The number of hydrogen-bond acceptors (Lipinski definition) is 2. The third kappa shape index (κ3) is 5.87. The average molecular weight is 363 g/mol. The van der Waals surface area contributed by atoms with E-state index in [-0.39, 0.29) is 30.6 Å². The van der Waals surface area contributed by atoms with E-state index in [1.54, 1.807) is 35.2 Å². The topological polar surface area (TPSA) is 49.4 Å². The van der Waals surface area contributed by atoms with Gasteiger partial charge in [-0.15, -0.1) is 0 Å². The highest BCUT2D eigenvalue weighted by atomic mass is 35.5. The minimum absolute atomic E-state index is 0.139. The van der Waals surface area contributed by atoms with Crippen molar-refractivity contribution >= 4 is 29.1 Å². The monoisotopic (exact) mass is 362 g/mol. The van der Waals surface area contributed by atoms with E-state index in [2.05, 4.69) is 5.32 Å². The van der Waals surface area contributed by atoms with Gasteiger partial charge in [-0.2, -0.15) is 0 Å². The van der Waals surface area contributed by atoms with Gasteiger partial charge in [0.2, 0.25) is 11.8 Å². The molecular weight excluding hydrogens is 343 g/mol. The van der Waals surface area contributed by atoms with Gasteiger partial charge < -0.3 is 10.2 Å². The van der Waals surface area contributed by atoms with Crippen molar-refractivity contribution in [3.8, 4) is 0 Å². The number of halogens is 2. The number of benzene rings is 2. The second kappa shape index (κ2) is 8.62. The standard InChI is InChI=1S/C19H20ClFN2O2/c1-13-11-16(20)5-8-18(13)22-19(25)9-10-23(14(2)24)12-15-3-6-17(21)7-4-15/h3-8,11H,9-10,12H2,1-2H3,(H,22,25). The van der Waals surface area contributed by atoms with Gasteiger partial charge in [-0.05, 0) is 48.4 Å². The van der Waals surface area contributed by atoms with Gasteiger partial charge in [0.05, 0.1) is 0 Å². The Morgan fingerprint density at radius 2 is 1.84 bits per heavy atom. The predicted molar refractivity (Wildman–Crippen MR) is 96.9 cm³/mol. The first-order valence-corrected chi connectivity index (χ1v) is 8.29. The van der Waals surface area contributed by atoms with Gasteiger partial charge in [0.25, 0.3) is 0 Å². The molecule has 2 aromatic rings.